The van der Waals surface area contributed by atoms with Crippen LogP contribution >= 0.6 is 0 Å². The largest absolute Gasteiger partial charge is 0.368 e. The Labute approximate surface area is 207 Å². The van der Waals surface area contributed by atoms with Crippen LogP contribution in [0.1, 0.15) is 34.3 Å². The third kappa shape index (κ3) is 4.09. The molecule has 5 rings (SSSR count). The molecule has 0 atom stereocenters. The number of carbonyl (C=O) groups is 2. The van der Waals surface area contributed by atoms with Gasteiger partial charge < -0.3 is 15.6 Å². The molecule has 1 aliphatic heterocycles. The number of amides is 1. The second kappa shape index (κ2) is 9.43. The Kier molecular flexibility index (Phi) is 6.00. The van der Waals surface area contributed by atoms with Crippen molar-refractivity contribution in [1.29, 1.82) is 0 Å². The van der Waals surface area contributed by atoms with Gasteiger partial charge in [-0.1, -0.05) is 35.9 Å². The molecule has 9 heteroatoms. The molecule has 1 aliphatic rings. The van der Waals surface area contributed by atoms with Crippen molar-refractivity contribution in [3.63, 3.8) is 0 Å². The lowest BCUT2D eigenvalue weighted by atomic mass is 9.97. The van der Waals surface area contributed by atoms with Gasteiger partial charge in [0.1, 0.15) is 0 Å². The minimum atomic E-state index is -0.573. The van der Waals surface area contributed by atoms with Gasteiger partial charge in [0, 0.05) is 48.8 Å². The molecule has 0 spiro atoms. The zero-order chi connectivity index (χ0) is 25.2. The van der Waals surface area contributed by atoms with Crippen LogP contribution in [-0.4, -0.2) is 49.6 Å². The first-order valence-electron chi connectivity index (χ1n) is 11.5. The highest BCUT2D eigenvalue weighted by molar-refractivity contribution is 6.45. The zero-order valence-electron chi connectivity index (χ0n) is 19.7. The number of aromatic amines is 1. The SMILES string of the molecule is [C-]#[N+]C(=C1CCN(C(=O)C(=O)c2c[nH]c3c(-c4cnc(N)nc4)ncc(C)c23)CC1)c1ccccc1. The first-order chi connectivity index (χ1) is 17.5. The molecule has 36 heavy (non-hydrogen) atoms. The Bertz CT molecular complexity index is 1540. The number of benzene rings is 1. The molecule has 1 aromatic carbocycles. The number of aryl methyl sites for hydroxylation is 1. The third-order valence-electron chi connectivity index (χ3n) is 6.43. The maximum absolute atomic E-state index is 13.3. The fourth-order valence-corrected chi connectivity index (χ4v) is 4.59. The van der Waals surface area contributed by atoms with Crippen molar-refractivity contribution in [2.45, 2.75) is 19.8 Å². The molecule has 0 bridgehead atoms. The molecule has 1 fully saturated rings. The average molecular weight is 478 g/mol. The summed E-state index contributed by atoms with van der Waals surface area (Å²) in [6.45, 7) is 10.3. The Balaban J connectivity index is 1.39. The molecule has 4 heterocycles. The number of nitrogen functional groups attached to an aromatic ring is 1. The Morgan fingerprint density at radius 2 is 1.75 bits per heavy atom. The number of nitrogens with two attached hydrogens (primary N) is 1. The highest BCUT2D eigenvalue weighted by atomic mass is 16.2. The van der Waals surface area contributed by atoms with Gasteiger partial charge >= 0.3 is 0 Å². The summed E-state index contributed by atoms with van der Waals surface area (Å²) < 4.78 is 0. The first-order valence-corrected chi connectivity index (χ1v) is 11.5. The van der Waals surface area contributed by atoms with Crippen molar-refractivity contribution in [1.82, 2.24) is 24.8 Å². The monoisotopic (exact) mass is 477 g/mol. The molecular formula is C27H23N7O2. The number of hydrogen-bond donors (Lipinski definition) is 2. The number of anilines is 1. The Hall–Kier alpha value is -4.84. The van der Waals surface area contributed by atoms with Gasteiger partial charge in [0.05, 0.1) is 23.3 Å². The molecule has 1 amide bonds. The molecule has 0 aliphatic carbocycles. The maximum atomic E-state index is 13.3. The van der Waals surface area contributed by atoms with Crippen molar-refractivity contribution >= 4 is 34.2 Å². The molecule has 3 N–H and O–H groups in total. The number of carbonyl (C=O) groups excluding carboxylic acids is 2. The number of pyridine rings is 1. The van der Waals surface area contributed by atoms with E-state index < -0.39 is 11.7 Å². The maximum Gasteiger partial charge on any atom is 0.295 e. The van der Waals surface area contributed by atoms with Crippen molar-refractivity contribution in [2.75, 3.05) is 18.8 Å². The van der Waals surface area contributed by atoms with Crippen molar-refractivity contribution < 1.29 is 9.59 Å². The van der Waals surface area contributed by atoms with Crippen LogP contribution in [-0.2, 0) is 4.79 Å². The highest BCUT2D eigenvalue weighted by Gasteiger charge is 2.29. The van der Waals surface area contributed by atoms with Gasteiger partial charge in [-0.25, -0.2) is 14.8 Å². The number of likely N-dealkylation sites (tertiary alicyclic amines) is 1. The third-order valence-corrected chi connectivity index (χ3v) is 6.43. The van der Waals surface area contributed by atoms with E-state index in [-0.39, 0.29) is 5.95 Å². The van der Waals surface area contributed by atoms with E-state index in [4.69, 9.17) is 12.3 Å². The summed E-state index contributed by atoms with van der Waals surface area (Å²) >= 11 is 0. The summed E-state index contributed by atoms with van der Waals surface area (Å²) in [6, 6.07) is 9.56. The van der Waals surface area contributed by atoms with E-state index in [0.29, 0.717) is 59.4 Å². The molecule has 4 aromatic rings. The van der Waals surface area contributed by atoms with E-state index in [9.17, 15) is 9.59 Å². The quantitative estimate of drug-likeness (QED) is 0.260. The van der Waals surface area contributed by atoms with Crippen LogP contribution in [0.15, 0.2) is 60.7 Å². The van der Waals surface area contributed by atoms with Gasteiger partial charge in [0.15, 0.2) is 5.70 Å². The van der Waals surface area contributed by atoms with Crippen molar-refractivity contribution in [3.8, 4) is 11.3 Å². The number of Topliss-reactive ketones (excluding diaryl/α,β-unsaturated/α-hetero) is 1. The number of nitrogens with zero attached hydrogens (tertiary/aromatic N) is 5. The zero-order valence-corrected chi connectivity index (χ0v) is 19.7. The number of ketones is 1. The second-order valence-electron chi connectivity index (χ2n) is 8.62. The smallest absolute Gasteiger partial charge is 0.295 e. The number of rotatable bonds is 4. The minimum absolute atomic E-state index is 0.155. The number of fused-ring (bicyclic) bond motifs is 1. The van der Waals surface area contributed by atoms with Crippen LogP contribution in [0.2, 0.25) is 0 Å². The predicted octanol–water partition coefficient (Wildman–Crippen LogP) is 4.05. The van der Waals surface area contributed by atoms with Gasteiger partial charge in [0.25, 0.3) is 11.7 Å². The van der Waals surface area contributed by atoms with Crippen LogP contribution in [0.25, 0.3) is 32.7 Å². The normalized spacial score (nSPS) is 13.4. The number of piperidine rings is 1. The van der Waals surface area contributed by atoms with E-state index in [2.05, 4.69) is 24.8 Å². The van der Waals surface area contributed by atoms with Gasteiger partial charge in [0.2, 0.25) is 5.95 Å². The average Bonchev–Trinajstić information content (AvgIpc) is 3.36. The van der Waals surface area contributed by atoms with E-state index >= 15 is 0 Å². The Morgan fingerprint density at radius 1 is 1.06 bits per heavy atom. The summed E-state index contributed by atoms with van der Waals surface area (Å²) in [4.78, 5) is 47.5. The van der Waals surface area contributed by atoms with E-state index in [1.807, 2.05) is 37.3 Å². The summed E-state index contributed by atoms with van der Waals surface area (Å²) in [5, 5.41) is 0.645. The molecule has 9 nitrogen and oxygen atoms in total. The molecule has 0 unspecified atom stereocenters. The first kappa shape index (κ1) is 22.9. The summed E-state index contributed by atoms with van der Waals surface area (Å²) in [5.41, 5.74) is 11.0. The number of nitrogens with one attached hydrogen (secondary N) is 1. The number of hydrogen-bond acceptors (Lipinski definition) is 6. The Morgan fingerprint density at radius 3 is 2.42 bits per heavy atom. The lowest BCUT2D eigenvalue weighted by molar-refractivity contribution is -0.126. The van der Waals surface area contributed by atoms with Crippen LogP contribution in [0.3, 0.4) is 0 Å². The lowest BCUT2D eigenvalue weighted by Gasteiger charge is -2.28. The second-order valence-corrected chi connectivity index (χ2v) is 8.62. The topological polar surface area (TPSA) is 122 Å². The summed E-state index contributed by atoms with van der Waals surface area (Å²) in [6.07, 6.45) is 7.48. The van der Waals surface area contributed by atoms with Crippen LogP contribution in [0, 0.1) is 13.5 Å². The number of aromatic nitrogens is 4. The molecule has 1 saturated heterocycles. The van der Waals surface area contributed by atoms with E-state index in [1.165, 1.54) is 0 Å². The number of H-pyrrole nitrogens is 1. The predicted molar refractivity (Wildman–Crippen MR) is 136 cm³/mol. The van der Waals surface area contributed by atoms with Crippen LogP contribution in [0.4, 0.5) is 5.95 Å². The van der Waals surface area contributed by atoms with Crippen LogP contribution < -0.4 is 5.73 Å². The van der Waals surface area contributed by atoms with Crippen LogP contribution in [0.5, 0.6) is 0 Å². The molecule has 0 radical (unpaired) electrons. The van der Waals surface area contributed by atoms with E-state index in [0.717, 1.165) is 16.7 Å². The fraction of sp³-hybridized carbons (Fsp3) is 0.185. The summed E-state index contributed by atoms with van der Waals surface area (Å²) in [5.74, 6) is -0.967. The minimum Gasteiger partial charge on any atom is -0.368 e. The molecular weight excluding hydrogens is 454 g/mol. The van der Waals surface area contributed by atoms with Crippen molar-refractivity contribution in [2.24, 2.45) is 0 Å². The molecule has 3 aromatic heterocycles. The lowest BCUT2D eigenvalue weighted by Crippen LogP contribution is -2.40. The summed E-state index contributed by atoms with van der Waals surface area (Å²) in [7, 11) is 0. The van der Waals surface area contributed by atoms with Gasteiger partial charge in [-0.2, -0.15) is 0 Å². The fourth-order valence-electron chi connectivity index (χ4n) is 4.59. The van der Waals surface area contributed by atoms with Crippen molar-refractivity contribution in [3.05, 3.63) is 88.8 Å². The molecule has 0 saturated carbocycles. The van der Waals surface area contributed by atoms with Gasteiger partial charge in [-0.05, 0) is 30.9 Å². The molecule has 178 valence electrons. The standard InChI is InChI=1S/C27H23N7O2/c1-16-12-30-23(19-13-32-27(28)33-14-19)24-21(16)20(15-31-24)25(35)26(36)34-10-8-18(9-11-34)22(29-2)17-6-4-3-5-7-17/h3-7,12-15,31H,8-11H2,1H3,(H2,28,32,33). The highest BCUT2D eigenvalue weighted by Crippen LogP contribution is 2.31. The van der Waals surface area contributed by atoms with Gasteiger partial charge in [-0.15, -0.1) is 0 Å². The van der Waals surface area contributed by atoms with Gasteiger partial charge in [-0.3, -0.25) is 14.6 Å². The van der Waals surface area contributed by atoms with E-state index in [1.54, 1.807) is 29.7 Å².